The Morgan fingerprint density at radius 2 is 2.09 bits per heavy atom. The summed E-state index contributed by atoms with van der Waals surface area (Å²) in [6, 6.07) is 12.9. The van der Waals surface area contributed by atoms with E-state index in [1.54, 1.807) is 18.2 Å². The molecule has 2 aromatic rings. The van der Waals surface area contributed by atoms with Gasteiger partial charge in [0.15, 0.2) is 11.5 Å². The molecule has 0 fully saturated rings. The van der Waals surface area contributed by atoms with Crippen molar-refractivity contribution in [2.75, 3.05) is 12.9 Å². The van der Waals surface area contributed by atoms with Gasteiger partial charge in [0.2, 0.25) is 5.91 Å². The molecule has 0 radical (unpaired) electrons. The first-order valence-electron chi connectivity index (χ1n) is 6.98. The monoisotopic (exact) mass is 330 g/mol. The van der Waals surface area contributed by atoms with Gasteiger partial charge >= 0.3 is 0 Å². The van der Waals surface area contributed by atoms with E-state index in [0.29, 0.717) is 11.3 Å². The van der Waals surface area contributed by atoms with Gasteiger partial charge in [-0.05, 0) is 30.7 Å². The van der Waals surface area contributed by atoms with Crippen LogP contribution in [0.3, 0.4) is 0 Å². The summed E-state index contributed by atoms with van der Waals surface area (Å²) in [5.74, 6) is 0.404. The van der Waals surface area contributed by atoms with Crippen molar-refractivity contribution in [2.24, 2.45) is 5.10 Å². The third-order valence-corrected chi connectivity index (χ3v) is 4.27. The van der Waals surface area contributed by atoms with E-state index in [1.165, 1.54) is 25.1 Å². The van der Waals surface area contributed by atoms with Crippen LogP contribution in [0.25, 0.3) is 0 Å². The fourth-order valence-electron chi connectivity index (χ4n) is 1.88. The van der Waals surface area contributed by atoms with Crippen molar-refractivity contribution in [3.05, 3.63) is 53.6 Å². The number of nitrogens with one attached hydrogen (secondary N) is 1. The van der Waals surface area contributed by atoms with Crippen LogP contribution in [-0.4, -0.2) is 30.1 Å². The minimum absolute atomic E-state index is 0.0118. The second kappa shape index (κ2) is 8.24. The number of thioether (sulfide) groups is 1. The van der Waals surface area contributed by atoms with Gasteiger partial charge in [-0.2, -0.15) is 5.10 Å². The summed E-state index contributed by atoms with van der Waals surface area (Å²) in [5, 5.41) is 13.8. The third kappa shape index (κ3) is 4.75. The zero-order valence-corrected chi connectivity index (χ0v) is 13.8. The number of phenols is 1. The summed E-state index contributed by atoms with van der Waals surface area (Å²) in [6.07, 6.45) is 1.38. The topological polar surface area (TPSA) is 70.9 Å². The second-order valence-corrected chi connectivity index (χ2v) is 5.76. The maximum atomic E-state index is 11.8. The number of nitrogens with zero attached hydrogens (tertiary/aromatic N) is 1. The highest BCUT2D eigenvalue weighted by atomic mass is 32.2. The van der Waals surface area contributed by atoms with Crippen molar-refractivity contribution < 1.29 is 14.6 Å². The molecule has 0 aliphatic heterocycles. The number of phenolic OH excluding ortho intramolecular Hbond substituents is 1. The van der Waals surface area contributed by atoms with E-state index in [2.05, 4.69) is 10.5 Å². The van der Waals surface area contributed by atoms with Crippen molar-refractivity contribution in [3.63, 3.8) is 0 Å². The molecule has 1 amide bonds. The van der Waals surface area contributed by atoms with Crippen LogP contribution in [0.1, 0.15) is 11.1 Å². The summed E-state index contributed by atoms with van der Waals surface area (Å²) in [4.78, 5) is 12.9. The van der Waals surface area contributed by atoms with Crippen LogP contribution in [0.2, 0.25) is 0 Å². The molecule has 0 aliphatic carbocycles. The Kier molecular flexibility index (Phi) is 6.05. The highest BCUT2D eigenvalue weighted by Gasteiger charge is 2.06. The first-order chi connectivity index (χ1) is 11.1. The van der Waals surface area contributed by atoms with Crippen molar-refractivity contribution in [1.82, 2.24) is 5.43 Å². The van der Waals surface area contributed by atoms with Gasteiger partial charge in [0.1, 0.15) is 0 Å². The van der Waals surface area contributed by atoms with Crippen molar-refractivity contribution in [1.29, 1.82) is 0 Å². The molecule has 0 heterocycles. The van der Waals surface area contributed by atoms with Gasteiger partial charge in [-0.3, -0.25) is 4.79 Å². The molecule has 2 N–H and O–H groups in total. The average molecular weight is 330 g/mol. The van der Waals surface area contributed by atoms with Gasteiger partial charge in [-0.1, -0.05) is 24.3 Å². The molecule has 0 bridgehead atoms. The third-order valence-electron chi connectivity index (χ3n) is 3.10. The number of aryl methyl sites for hydroxylation is 1. The molecule has 2 aromatic carbocycles. The van der Waals surface area contributed by atoms with Crippen LogP contribution in [0, 0.1) is 6.92 Å². The van der Waals surface area contributed by atoms with E-state index < -0.39 is 0 Å². The van der Waals surface area contributed by atoms with Crippen molar-refractivity contribution in [2.45, 2.75) is 11.8 Å². The number of carbonyl (C=O) groups excluding carboxylic acids is 1. The standard InChI is InChI=1S/C17H18N2O3S/c1-12-6-3-4-9-15(12)23-11-16(20)19-18-10-13-7-5-8-14(22-2)17(13)21/h3-10,21H,11H2,1-2H3,(H,19,20)/b18-10-. The highest BCUT2D eigenvalue weighted by Crippen LogP contribution is 2.27. The number of ether oxygens (including phenoxy) is 1. The SMILES string of the molecule is COc1cccc(/C=N\NC(=O)CSc2ccccc2C)c1O. The van der Waals surface area contributed by atoms with Crippen LogP contribution >= 0.6 is 11.8 Å². The predicted molar refractivity (Wildman–Crippen MR) is 92.3 cm³/mol. The molecule has 0 saturated heterocycles. The fraction of sp³-hybridized carbons (Fsp3) is 0.176. The molecule has 6 heteroatoms. The lowest BCUT2D eigenvalue weighted by molar-refractivity contribution is -0.118. The molecule has 23 heavy (non-hydrogen) atoms. The van der Waals surface area contributed by atoms with Gasteiger partial charge in [0.25, 0.3) is 0 Å². The van der Waals surface area contributed by atoms with Gasteiger partial charge in [-0.25, -0.2) is 5.43 Å². The maximum absolute atomic E-state index is 11.8. The Bertz CT molecular complexity index is 717. The zero-order chi connectivity index (χ0) is 16.7. The minimum atomic E-state index is -0.211. The average Bonchev–Trinajstić information content (AvgIpc) is 2.55. The molecular formula is C17H18N2O3S. The number of amides is 1. The van der Waals surface area contributed by atoms with Crippen LogP contribution in [0.4, 0.5) is 0 Å². The molecule has 0 aliphatic rings. The fourth-order valence-corrected chi connectivity index (χ4v) is 2.70. The minimum Gasteiger partial charge on any atom is -0.504 e. The number of methoxy groups -OCH3 is 1. The van der Waals surface area contributed by atoms with Crippen LogP contribution in [-0.2, 0) is 4.79 Å². The summed E-state index contributed by atoms with van der Waals surface area (Å²) in [6.45, 7) is 2.00. The molecule has 2 rings (SSSR count). The Morgan fingerprint density at radius 3 is 2.83 bits per heavy atom. The molecule has 0 saturated carbocycles. The smallest absolute Gasteiger partial charge is 0.250 e. The first kappa shape index (κ1) is 16.9. The normalized spacial score (nSPS) is 10.7. The van der Waals surface area contributed by atoms with Crippen LogP contribution < -0.4 is 10.2 Å². The summed E-state index contributed by atoms with van der Waals surface area (Å²) in [5.41, 5.74) is 4.05. The van der Waals surface area contributed by atoms with E-state index in [4.69, 9.17) is 4.74 Å². The molecule has 120 valence electrons. The lowest BCUT2D eigenvalue weighted by atomic mass is 10.2. The number of rotatable bonds is 6. The molecule has 0 unspecified atom stereocenters. The summed E-state index contributed by atoms with van der Waals surface area (Å²) < 4.78 is 5.01. The molecular weight excluding hydrogens is 312 g/mol. The van der Waals surface area contributed by atoms with Gasteiger partial charge < -0.3 is 9.84 Å². The number of hydrogen-bond donors (Lipinski definition) is 2. The number of benzene rings is 2. The highest BCUT2D eigenvalue weighted by molar-refractivity contribution is 8.00. The summed E-state index contributed by atoms with van der Waals surface area (Å²) in [7, 11) is 1.47. The van der Waals surface area contributed by atoms with E-state index in [-0.39, 0.29) is 17.4 Å². The molecule has 5 nitrogen and oxygen atoms in total. The summed E-state index contributed by atoms with van der Waals surface area (Å²) >= 11 is 1.46. The zero-order valence-electron chi connectivity index (χ0n) is 12.9. The largest absolute Gasteiger partial charge is 0.504 e. The van der Waals surface area contributed by atoms with Gasteiger partial charge in [0.05, 0.1) is 19.1 Å². The number of hydrazone groups is 1. The van der Waals surface area contributed by atoms with Crippen molar-refractivity contribution >= 4 is 23.9 Å². The van der Waals surface area contributed by atoms with Gasteiger partial charge in [-0.15, -0.1) is 11.8 Å². The number of aromatic hydroxyl groups is 1. The lowest BCUT2D eigenvalue weighted by Crippen LogP contribution is -2.19. The Labute approximate surface area is 139 Å². The maximum Gasteiger partial charge on any atom is 0.250 e. The number of hydrogen-bond acceptors (Lipinski definition) is 5. The van der Waals surface area contributed by atoms with Crippen LogP contribution in [0.5, 0.6) is 11.5 Å². The molecule has 0 spiro atoms. The molecule has 0 atom stereocenters. The molecule has 0 aromatic heterocycles. The number of carbonyl (C=O) groups is 1. The Morgan fingerprint density at radius 1 is 1.30 bits per heavy atom. The van der Waals surface area contributed by atoms with E-state index in [0.717, 1.165) is 10.5 Å². The van der Waals surface area contributed by atoms with Gasteiger partial charge in [0, 0.05) is 10.5 Å². The Hall–Kier alpha value is -2.47. The lowest BCUT2D eigenvalue weighted by Gasteiger charge is -2.05. The predicted octanol–water partition coefficient (Wildman–Crippen LogP) is 2.95. The van der Waals surface area contributed by atoms with Crippen molar-refractivity contribution in [3.8, 4) is 11.5 Å². The van der Waals surface area contributed by atoms with E-state index in [9.17, 15) is 9.90 Å². The second-order valence-electron chi connectivity index (χ2n) is 4.75. The number of para-hydroxylation sites is 1. The first-order valence-corrected chi connectivity index (χ1v) is 7.96. The van der Waals surface area contributed by atoms with E-state index >= 15 is 0 Å². The Balaban J connectivity index is 1.88. The quantitative estimate of drug-likeness (QED) is 0.485. The van der Waals surface area contributed by atoms with E-state index in [1.807, 2.05) is 31.2 Å². The van der Waals surface area contributed by atoms with Crippen LogP contribution in [0.15, 0.2) is 52.5 Å².